The zero-order chi connectivity index (χ0) is 24.3. The van der Waals surface area contributed by atoms with Crippen molar-refractivity contribution < 1.29 is 14.7 Å². The van der Waals surface area contributed by atoms with Gasteiger partial charge >= 0.3 is 12.0 Å². The largest absolute Gasteiger partial charge is 0.480 e. The summed E-state index contributed by atoms with van der Waals surface area (Å²) in [4.78, 5) is 29.5. The molecule has 3 aromatic rings. The number of anilines is 1. The number of benzene rings is 3. The summed E-state index contributed by atoms with van der Waals surface area (Å²) in [6.07, 6.45) is 2.33. The van der Waals surface area contributed by atoms with Crippen LogP contribution in [0.4, 0.5) is 10.5 Å². The number of urea groups is 1. The molecule has 6 heteroatoms. The van der Waals surface area contributed by atoms with Gasteiger partial charge in [-0.25, -0.2) is 4.79 Å². The number of carbonyl (C=O) groups excluding carboxylic acids is 1. The zero-order valence-corrected chi connectivity index (χ0v) is 19.8. The number of rotatable bonds is 7. The number of aliphatic carboxylic acids is 1. The van der Waals surface area contributed by atoms with E-state index < -0.39 is 11.4 Å². The average molecular weight is 470 g/mol. The molecule has 0 spiro atoms. The molecule has 2 N–H and O–H groups in total. The van der Waals surface area contributed by atoms with Gasteiger partial charge in [0.1, 0.15) is 5.41 Å². The molecule has 0 atom stereocenters. The Morgan fingerprint density at radius 1 is 0.771 bits per heavy atom. The summed E-state index contributed by atoms with van der Waals surface area (Å²) < 4.78 is 0. The van der Waals surface area contributed by atoms with E-state index in [0.717, 1.165) is 60.4 Å². The Balaban J connectivity index is 1.16. The van der Waals surface area contributed by atoms with Crippen LogP contribution in [-0.2, 0) is 10.2 Å². The highest BCUT2D eigenvalue weighted by Crippen LogP contribution is 2.51. The molecule has 35 heavy (non-hydrogen) atoms. The second kappa shape index (κ2) is 9.92. The van der Waals surface area contributed by atoms with Crippen LogP contribution in [-0.4, -0.2) is 59.6 Å². The number of carbonyl (C=O) groups is 2. The van der Waals surface area contributed by atoms with Crippen LogP contribution in [0, 0.1) is 0 Å². The van der Waals surface area contributed by atoms with Gasteiger partial charge in [-0.3, -0.25) is 9.69 Å². The molecule has 1 fully saturated rings. The van der Waals surface area contributed by atoms with Crippen LogP contribution < -0.4 is 5.32 Å². The van der Waals surface area contributed by atoms with E-state index in [-0.39, 0.29) is 6.03 Å². The first-order chi connectivity index (χ1) is 17.1. The van der Waals surface area contributed by atoms with Gasteiger partial charge in [0, 0.05) is 31.9 Å². The fraction of sp³-hybridized carbons (Fsp3) is 0.310. The number of hydrogen-bond donors (Lipinski definition) is 2. The fourth-order valence-corrected chi connectivity index (χ4v) is 5.56. The Labute approximate surface area is 206 Å². The Hall–Kier alpha value is -3.64. The molecule has 180 valence electrons. The van der Waals surface area contributed by atoms with Gasteiger partial charge in [-0.2, -0.15) is 0 Å². The van der Waals surface area contributed by atoms with Crippen LogP contribution in [0.1, 0.15) is 30.4 Å². The van der Waals surface area contributed by atoms with Gasteiger partial charge in [0.05, 0.1) is 0 Å². The third-order valence-electron chi connectivity index (χ3n) is 7.39. The van der Waals surface area contributed by atoms with Crippen molar-refractivity contribution in [1.29, 1.82) is 0 Å². The number of piperazine rings is 1. The third kappa shape index (κ3) is 4.42. The van der Waals surface area contributed by atoms with E-state index in [2.05, 4.69) is 10.2 Å². The van der Waals surface area contributed by atoms with E-state index >= 15 is 0 Å². The monoisotopic (exact) mass is 469 g/mol. The highest BCUT2D eigenvalue weighted by atomic mass is 16.4. The Morgan fingerprint density at radius 3 is 1.94 bits per heavy atom. The van der Waals surface area contributed by atoms with Crippen LogP contribution in [0.15, 0.2) is 78.9 Å². The second-order valence-corrected chi connectivity index (χ2v) is 9.38. The molecule has 2 amide bonds. The van der Waals surface area contributed by atoms with Gasteiger partial charge in [-0.05, 0) is 53.8 Å². The minimum atomic E-state index is -0.985. The topological polar surface area (TPSA) is 72.9 Å². The summed E-state index contributed by atoms with van der Waals surface area (Å²) in [5.41, 5.74) is 3.72. The number of para-hydroxylation sites is 1. The predicted molar refractivity (Wildman–Crippen MR) is 138 cm³/mol. The molecule has 0 radical (unpaired) electrons. The van der Waals surface area contributed by atoms with E-state index in [9.17, 15) is 14.7 Å². The Bertz CT molecular complexity index is 1160. The molecule has 0 unspecified atom stereocenters. The first kappa shape index (κ1) is 23.1. The van der Waals surface area contributed by atoms with Gasteiger partial charge in [0.15, 0.2) is 0 Å². The molecule has 0 bridgehead atoms. The van der Waals surface area contributed by atoms with Crippen LogP contribution >= 0.6 is 0 Å². The van der Waals surface area contributed by atoms with Crippen LogP contribution in [0.5, 0.6) is 0 Å². The summed E-state index contributed by atoms with van der Waals surface area (Å²) in [6.45, 7) is 3.96. The maximum Gasteiger partial charge on any atom is 0.321 e. The van der Waals surface area contributed by atoms with Gasteiger partial charge in [0.2, 0.25) is 0 Å². The van der Waals surface area contributed by atoms with Crippen molar-refractivity contribution in [2.24, 2.45) is 0 Å². The highest BCUT2D eigenvalue weighted by Gasteiger charge is 2.48. The maximum atomic E-state index is 12.7. The van der Waals surface area contributed by atoms with E-state index in [4.69, 9.17) is 0 Å². The summed E-state index contributed by atoms with van der Waals surface area (Å²) >= 11 is 0. The number of carboxylic acid groups (broad SMARTS) is 1. The minimum Gasteiger partial charge on any atom is -0.480 e. The van der Waals surface area contributed by atoms with Crippen molar-refractivity contribution in [2.45, 2.75) is 24.7 Å². The predicted octanol–water partition coefficient (Wildman–Crippen LogP) is 5.06. The van der Waals surface area contributed by atoms with Crippen molar-refractivity contribution in [1.82, 2.24) is 9.80 Å². The molecule has 6 nitrogen and oxygen atoms in total. The molecular weight excluding hydrogens is 438 g/mol. The highest BCUT2D eigenvalue weighted by molar-refractivity contribution is 5.97. The standard InChI is InChI=1S/C29H31N3O3/c33-27(34)29(25-14-6-4-12-23(25)24-13-5-7-15-26(24)29)16-8-9-17-31-18-20-32(21-19-31)28(35)30-22-10-2-1-3-11-22/h1-7,10-15H,8-9,16-21H2,(H,30,35)(H,33,34). The minimum absolute atomic E-state index is 0.0576. The Morgan fingerprint density at radius 2 is 1.34 bits per heavy atom. The number of nitrogens with zero attached hydrogens (tertiary/aromatic N) is 2. The number of hydrogen-bond acceptors (Lipinski definition) is 3. The molecule has 0 aromatic heterocycles. The fourth-order valence-electron chi connectivity index (χ4n) is 5.56. The number of carboxylic acids is 1. The molecular formula is C29H31N3O3. The van der Waals surface area contributed by atoms with Crippen molar-refractivity contribution in [3.63, 3.8) is 0 Å². The molecule has 1 aliphatic carbocycles. The lowest BCUT2D eigenvalue weighted by Crippen LogP contribution is -2.50. The first-order valence-electron chi connectivity index (χ1n) is 12.4. The smallest absolute Gasteiger partial charge is 0.321 e. The van der Waals surface area contributed by atoms with E-state index in [1.54, 1.807) is 0 Å². The number of unbranched alkanes of at least 4 members (excludes halogenated alkanes) is 1. The lowest BCUT2D eigenvalue weighted by atomic mass is 9.74. The second-order valence-electron chi connectivity index (χ2n) is 9.38. The molecule has 2 aliphatic rings. The number of nitrogens with one attached hydrogen (secondary N) is 1. The molecule has 3 aromatic carbocycles. The van der Waals surface area contributed by atoms with Crippen LogP contribution in [0.25, 0.3) is 11.1 Å². The van der Waals surface area contributed by atoms with E-state index in [1.807, 2.05) is 83.8 Å². The lowest BCUT2D eigenvalue weighted by molar-refractivity contribution is -0.142. The summed E-state index contributed by atoms with van der Waals surface area (Å²) in [7, 11) is 0. The third-order valence-corrected chi connectivity index (χ3v) is 7.39. The van der Waals surface area contributed by atoms with Gasteiger partial charge in [-0.1, -0.05) is 73.2 Å². The van der Waals surface area contributed by atoms with E-state index in [0.29, 0.717) is 19.5 Å². The van der Waals surface area contributed by atoms with Crippen molar-refractivity contribution in [3.05, 3.63) is 90.0 Å². The average Bonchev–Trinajstić information content (AvgIpc) is 3.18. The van der Waals surface area contributed by atoms with Crippen LogP contribution in [0.3, 0.4) is 0 Å². The van der Waals surface area contributed by atoms with Gasteiger partial charge in [0.25, 0.3) is 0 Å². The van der Waals surface area contributed by atoms with Crippen LogP contribution in [0.2, 0.25) is 0 Å². The quantitative estimate of drug-likeness (QED) is 0.475. The molecule has 0 saturated carbocycles. The molecule has 1 heterocycles. The first-order valence-corrected chi connectivity index (χ1v) is 12.4. The van der Waals surface area contributed by atoms with Gasteiger partial charge < -0.3 is 15.3 Å². The zero-order valence-electron chi connectivity index (χ0n) is 19.8. The molecule has 1 saturated heterocycles. The SMILES string of the molecule is O=C(Nc1ccccc1)N1CCN(CCCCC2(C(=O)O)c3ccccc3-c3ccccc32)CC1. The summed E-state index contributed by atoms with van der Waals surface area (Å²) in [5, 5.41) is 13.4. The molecule has 5 rings (SSSR count). The lowest BCUT2D eigenvalue weighted by Gasteiger charge is -2.35. The summed E-state index contributed by atoms with van der Waals surface area (Å²) in [6, 6.07) is 25.3. The Kier molecular flexibility index (Phi) is 6.55. The molecule has 1 aliphatic heterocycles. The van der Waals surface area contributed by atoms with E-state index in [1.165, 1.54) is 0 Å². The maximum absolute atomic E-state index is 12.7. The van der Waals surface area contributed by atoms with Crippen molar-refractivity contribution in [3.8, 4) is 11.1 Å². The van der Waals surface area contributed by atoms with Crippen molar-refractivity contribution >= 4 is 17.7 Å². The van der Waals surface area contributed by atoms with Crippen molar-refractivity contribution in [2.75, 3.05) is 38.0 Å². The van der Waals surface area contributed by atoms with Gasteiger partial charge in [-0.15, -0.1) is 0 Å². The number of amides is 2. The number of fused-ring (bicyclic) bond motifs is 3. The summed E-state index contributed by atoms with van der Waals surface area (Å²) in [5.74, 6) is -0.770. The normalized spacial score (nSPS) is 16.4.